The van der Waals surface area contributed by atoms with Crippen LogP contribution in [0.15, 0.2) is 27.8 Å². The first-order chi connectivity index (χ1) is 14.4. The van der Waals surface area contributed by atoms with Gasteiger partial charge in [-0.15, -0.1) is 0 Å². The lowest BCUT2D eigenvalue weighted by molar-refractivity contribution is -0.116. The van der Waals surface area contributed by atoms with Gasteiger partial charge in [0.15, 0.2) is 10.8 Å². The minimum Gasteiger partial charge on any atom is -0.348 e. The minimum absolute atomic E-state index is 0.203. The summed E-state index contributed by atoms with van der Waals surface area (Å²) in [7, 11) is 0. The lowest BCUT2D eigenvalue weighted by atomic mass is 10.1. The van der Waals surface area contributed by atoms with Crippen LogP contribution in [0.5, 0.6) is 0 Å². The number of nitrogens with zero attached hydrogens (tertiary/aromatic N) is 4. The van der Waals surface area contributed by atoms with Crippen molar-refractivity contribution in [2.24, 2.45) is 0 Å². The standard InChI is InChI=1S/C21H25N5O3S/c1-4-25-19(28)17-18(23-20(30-17)24-9-5-6-10-24)26(21(25)29)12-16(27)22-15-8-7-13(2)14(3)11-15/h7-8,11H,4-6,9-10,12H2,1-3H3,(H,22,27). The number of hydrogen-bond donors (Lipinski definition) is 1. The summed E-state index contributed by atoms with van der Waals surface area (Å²) in [5.74, 6) is -0.335. The zero-order valence-electron chi connectivity index (χ0n) is 17.4. The number of fused-ring (bicyclic) bond motifs is 1. The van der Waals surface area contributed by atoms with E-state index in [4.69, 9.17) is 0 Å². The van der Waals surface area contributed by atoms with Crippen LogP contribution in [0.4, 0.5) is 10.8 Å². The molecule has 3 aromatic rings. The van der Waals surface area contributed by atoms with Crippen LogP contribution in [0.2, 0.25) is 0 Å². The summed E-state index contributed by atoms with van der Waals surface area (Å²) in [6.07, 6.45) is 2.17. The van der Waals surface area contributed by atoms with Crippen LogP contribution in [0, 0.1) is 13.8 Å². The van der Waals surface area contributed by atoms with Crippen molar-refractivity contribution in [2.45, 2.75) is 46.7 Å². The predicted octanol–water partition coefficient (Wildman–Crippen LogP) is 2.50. The lowest BCUT2D eigenvalue weighted by Gasteiger charge is -2.12. The predicted molar refractivity (Wildman–Crippen MR) is 120 cm³/mol. The molecule has 30 heavy (non-hydrogen) atoms. The van der Waals surface area contributed by atoms with Crippen molar-refractivity contribution < 1.29 is 4.79 Å². The van der Waals surface area contributed by atoms with E-state index in [0.717, 1.165) is 46.8 Å². The number of amides is 1. The van der Waals surface area contributed by atoms with Crippen LogP contribution in [0.3, 0.4) is 0 Å². The average molecular weight is 428 g/mol. The van der Waals surface area contributed by atoms with Crippen LogP contribution in [0.25, 0.3) is 10.3 Å². The maximum atomic E-state index is 12.9. The molecule has 158 valence electrons. The first kappa shape index (κ1) is 20.3. The monoisotopic (exact) mass is 427 g/mol. The molecule has 0 saturated carbocycles. The Morgan fingerprint density at radius 3 is 2.53 bits per heavy atom. The second-order valence-electron chi connectivity index (χ2n) is 7.61. The fourth-order valence-corrected chi connectivity index (χ4v) is 4.77. The molecule has 3 heterocycles. The Morgan fingerprint density at radius 2 is 1.87 bits per heavy atom. The van der Waals surface area contributed by atoms with Crippen molar-refractivity contribution in [2.75, 3.05) is 23.3 Å². The number of rotatable bonds is 5. The Hall–Kier alpha value is -2.94. The van der Waals surface area contributed by atoms with E-state index in [9.17, 15) is 14.4 Å². The number of carbonyl (C=O) groups is 1. The molecule has 1 aliphatic heterocycles. The summed E-state index contributed by atoms with van der Waals surface area (Å²) >= 11 is 1.30. The van der Waals surface area contributed by atoms with Crippen molar-refractivity contribution in [3.8, 4) is 0 Å². The zero-order valence-corrected chi connectivity index (χ0v) is 18.2. The van der Waals surface area contributed by atoms with Crippen LogP contribution in [-0.4, -0.2) is 33.1 Å². The van der Waals surface area contributed by atoms with E-state index >= 15 is 0 Å². The Morgan fingerprint density at radius 1 is 1.13 bits per heavy atom. The molecular formula is C21H25N5O3S. The quantitative estimate of drug-likeness (QED) is 0.676. The minimum atomic E-state index is -0.511. The smallest absolute Gasteiger partial charge is 0.333 e. The van der Waals surface area contributed by atoms with Crippen molar-refractivity contribution in [3.63, 3.8) is 0 Å². The highest BCUT2D eigenvalue weighted by atomic mass is 32.1. The van der Waals surface area contributed by atoms with E-state index in [1.54, 1.807) is 6.92 Å². The number of thiazole rings is 1. The van der Waals surface area contributed by atoms with Crippen molar-refractivity contribution in [3.05, 3.63) is 50.2 Å². The fourth-order valence-electron chi connectivity index (χ4n) is 3.70. The number of anilines is 2. The molecule has 2 aromatic heterocycles. The molecule has 0 spiro atoms. The summed E-state index contributed by atoms with van der Waals surface area (Å²) in [5.41, 5.74) is 2.32. The summed E-state index contributed by atoms with van der Waals surface area (Å²) < 4.78 is 2.89. The van der Waals surface area contributed by atoms with E-state index in [-0.39, 0.29) is 30.2 Å². The van der Waals surface area contributed by atoms with Gasteiger partial charge in [0, 0.05) is 25.3 Å². The molecule has 1 fully saturated rings. The molecule has 1 aromatic carbocycles. The topological polar surface area (TPSA) is 89.2 Å². The van der Waals surface area contributed by atoms with Crippen molar-refractivity contribution in [1.29, 1.82) is 0 Å². The number of hydrogen-bond acceptors (Lipinski definition) is 6. The van der Waals surface area contributed by atoms with Crippen LogP contribution in [-0.2, 0) is 17.9 Å². The Labute approximate surface area is 177 Å². The third-order valence-electron chi connectivity index (χ3n) is 5.54. The normalized spacial score (nSPS) is 13.9. The molecule has 1 N–H and O–H groups in total. The molecule has 4 rings (SSSR count). The molecule has 8 nitrogen and oxygen atoms in total. The molecule has 0 bridgehead atoms. The highest BCUT2D eigenvalue weighted by Crippen LogP contribution is 2.28. The van der Waals surface area contributed by atoms with E-state index < -0.39 is 5.69 Å². The van der Waals surface area contributed by atoms with E-state index in [2.05, 4.69) is 15.2 Å². The second kappa shape index (κ2) is 8.06. The van der Waals surface area contributed by atoms with E-state index in [1.807, 2.05) is 32.0 Å². The largest absolute Gasteiger partial charge is 0.348 e. The van der Waals surface area contributed by atoms with Crippen LogP contribution >= 0.6 is 11.3 Å². The van der Waals surface area contributed by atoms with Gasteiger partial charge in [0.1, 0.15) is 11.2 Å². The summed E-state index contributed by atoms with van der Waals surface area (Å²) in [6.45, 7) is 7.54. The number of carbonyl (C=O) groups excluding carboxylic acids is 1. The Kier molecular flexibility index (Phi) is 5.46. The molecule has 1 aliphatic rings. The first-order valence-electron chi connectivity index (χ1n) is 10.1. The van der Waals surface area contributed by atoms with Crippen LogP contribution < -0.4 is 21.5 Å². The average Bonchev–Trinajstić information content (AvgIpc) is 3.38. The van der Waals surface area contributed by atoms with Gasteiger partial charge in [-0.2, -0.15) is 0 Å². The van der Waals surface area contributed by atoms with E-state index in [0.29, 0.717) is 10.4 Å². The summed E-state index contributed by atoms with van der Waals surface area (Å²) in [6, 6.07) is 5.67. The third kappa shape index (κ3) is 3.65. The molecule has 1 amide bonds. The van der Waals surface area contributed by atoms with Crippen LogP contribution in [0.1, 0.15) is 30.9 Å². The SMILES string of the molecule is CCn1c(=O)c2sc(N3CCCC3)nc2n(CC(=O)Nc2ccc(C)c(C)c2)c1=O. The van der Waals surface area contributed by atoms with Gasteiger partial charge >= 0.3 is 5.69 Å². The molecule has 0 radical (unpaired) electrons. The molecule has 9 heteroatoms. The van der Waals surface area contributed by atoms with Crippen molar-refractivity contribution in [1.82, 2.24) is 14.1 Å². The lowest BCUT2D eigenvalue weighted by Crippen LogP contribution is -2.41. The second-order valence-corrected chi connectivity index (χ2v) is 8.59. The molecule has 0 atom stereocenters. The van der Waals surface area contributed by atoms with Gasteiger partial charge in [-0.3, -0.25) is 18.7 Å². The number of nitrogens with one attached hydrogen (secondary N) is 1. The number of benzene rings is 1. The zero-order chi connectivity index (χ0) is 21.4. The molecular weight excluding hydrogens is 402 g/mol. The van der Waals surface area contributed by atoms with Gasteiger partial charge in [0.25, 0.3) is 5.56 Å². The summed E-state index contributed by atoms with van der Waals surface area (Å²) in [4.78, 5) is 45.2. The first-order valence-corrected chi connectivity index (χ1v) is 11.0. The number of aryl methyl sites for hydroxylation is 2. The van der Waals surface area contributed by atoms with Gasteiger partial charge in [-0.1, -0.05) is 17.4 Å². The Bertz CT molecular complexity index is 1230. The Balaban J connectivity index is 1.72. The molecule has 1 saturated heterocycles. The molecule has 0 unspecified atom stereocenters. The maximum Gasteiger partial charge on any atom is 0.333 e. The van der Waals surface area contributed by atoms with Crippen molar-refractivity contribution >= 4 is 38.4 Å². The van der Waals surface area contributed by atoms with Gasteiger partial charge in [0.05, 0.1) is 0 Å². The van der Waals surface area contributed by atoms with Gasteiger partial charge in [-0.05, 0) is 56.9 Å². The summed E-state index contributed by atoms with van der Waals surface area (Å²) in [5, 5.41) is 3.58. The fraction of sp³-hybridized carbons (Fsp3) is 0.429. The van der Waals surface area contributed by atoms with Gasteiger partial charge in [-0.25, -0.2) is 9.78 Å². The third-order valence-corrected chi connectivity index (χ3v) is 6.63. The number of aromatic nitrogens is 3. The molecule has 0 aliphatic carbocycles. The highest BCUT2D eigenvalue weighted by Gasteiger charge is 2.22. The van der Waals surface area contributed by atoms with E-state index in [1.165, 1.54) is 15.9 Å². The van der Waals surface area contributed by atoms with Gasteiger partial charge < -0.3 is 10.2 Å². The van der Waals surface area contributed by atoms with Gasteiger partial charge in [0.2, 0.25) is 5.91 Å². The maximum absolute atomic E-state index is 12.9. The highest BCUT2D eigenvalue weighted by molar-refractivity contribution is 7.22.